The van der Waals surface area contributed by atoms with Gasteiger partial charge in [0.25, 0.3) is 0 Å². The zero-order valence-corrected chi connectivity index (χ0v) is 16.3. The van der Waals surface area contributed by atoms with Gasteiger partial charge < -0.3 is 20.3 Å². The minimum absolute atomic E-state index is 0.623. The second-order valence-electron chi connectivity index (χ2n) is 7.05. The average Bonchev–Trinajstić information content (AvgIpc) is 3.12. The summed E-state index contributed by atoms with van der Waals surface area (Å²) in [6, 6.07) is 6.39. The van der Waals surface area contributed by atoms with Crippen LogP contribution in [0, 0.1) is 12.8 Å². The van der Waals surface area contributed by atoms with Crippen molar-refractivity contribution in [2.24, 2.45) is 10.9 Å². The Labute approximate surface area is 152 Å². The van der Waals surface area contributed by atoms with Crippen molar-refractivity contribution in [1.82, 2.24) is 15.5 Å². The Morgan fingerprint density at radius 1 is 1.28 bits per heavy atom. The first-order valence-corrected chi connectivity index (χ1v) is 9.42. The minimum Gasteiger partial charge on any atom is -0.496 e. The Morgan fingerprint density at radius 2 is 2.04 bits per heavy atom. The van der Waals surface area contributed by atoms with Crippen molar-refractivity contribution < 1.29 is 4.74 Å². The fourth-order valence-electron chi connectivity index (χ4n) is 3.31. The number of rotatable bonds is 8. The van der Waals surface area contributed by atoms with E-state index in [1.165, 1.54) is 43.6 Å². The molecule has 0 amide bonds. The van der Waals surface area contributed by atoms with Crippen molar-refractivity contribution in [3.05, 3.63) is 29.3 Å². The fourth-order valence-corrected chi connectivity index (χ4v) is 3.31. The summed E-state index contributed by atoms with van der Waals surface area (Å²) >= 11 is 0. The molecule has 2 N–H and O–H groups in total. The van der Waals surface area contributed by atoms with Crippen LogP contribution < -0.4 is 15.4 Å². The zero-order valence-electron chi connectivity index (χ0n) is 16.3. The molecule has 2 rings (SSSR count). The topological polar surface area (TPSA) is 48.9 Å². The molecule has 0 bridgehead atoms. The van der Waals surface area contributed by atoms with Crippen LogP contribution in [0.3, 0.4) is 0 Å². The van der Waals surface area contributed by atoms with Crippen molar-refractivity contribution >= 4 is 5.96 Å². The van der Waals surface area contributed by atoms with Crippen molar-refractivity contribution in [2.75, 3.05) is 46.9 Å². The van der Waals surface area contributed by atoms with Gasteiger partial charge in [-0.15, -0.1) is 0 Å². The van der Waals surface area contributed by atoms with Gasteiger partial charge in [0.2, 0.25) is 0 Å². The number of aliphatic imine (C=N–C) groups is 1. The lowest BCUT2D eigenvalue weighted by atomic mass is 10.1. The summed E-state index contributed by atoms with van der Waals surface area (Å²) in [4.78, 5) is 6.89. The highest BCUT2D eigenvalue weighted by molar-refractivity contribution is 5.79. The largest absolute Gasteiger partial charge is 0.496 e. The second-order valence-corrected chi connectivity index (χ2v) is 7.05. The van der Waals surface area contributed by atoms with Crippen molar-refractivity contribution in [3.8, 4) is 5.75 Å². The van der Waals surface area contributed by atoms with Crippen molar-refractivity contribution in [1.29, 1.82) is 0 Å². The molecule has 140 valence electrons. The van der Waals surface area contributed by atoms with Gasteiger partial charge in [-0.05, 0) is 62.4 Å². The highest BCUT2D eigenvalue weighted by atomic mass is 16.5. The van der Waals surface area contributed by atoms with E-state index in [-0.39, 0.29) is 0 Å². The molecule has 5 nitrogen and oxygen atoms in total. The third-order valence-corrected chi connectivity index (χ3v) is 4.79. The minimum atomic E-state index is 0.623. The maximum atomic E-state index is 5.39. The summed E-state index contributed by atoms with van der Waals surface area (Å²) < 4.78 is 5.39. The van der Waals surface area contributed by atoms with Crippen LogP contribution in [0.15, 0.2) is 23.2 Å². The first kappa shape index (κ1) is 19.6. The summed E-state index contributed by atoms with van der Waals surface area (Å²) in [6.07, 6.45) is 3.65. The lowest BCUT2D eigenvalue weighted by Crippen LogP contribution is -2.42. The molecule has 1 heterocycles. The van der Waals surface area contributed by atoms with Gasteiger partial charge in [-0.1, -0.05) is 19.1 Å². The summed E-state index contributed by atoms with van der Waals surface area (Å²) in [5.41, 5.74) is 2.44. The van der Waals surface area contributed by atoms with Gasteiger partial charge in [-0.2, -0.15) is 0 Å². The Bertz CT molecular complexity index is 553. The van der Waals surface area contributed by atoms with Crippen LogP contribution in [0.5, 0.6) is 5.75 Å². The van der Waals surface area contributed by atoms with E-state index in [1.807, 2.05) is 7.05 Å². The molecule has 1 atom stereocenters. The number of methoxy groups -OCH3 is 1. The molecule has 1 aliphatic rings. The monoisotopic (exact) mass is 346 g/mol. The predicted molar refractivity (Wildman–Crippen MR) is 106 cm³/mol. The number of guanidine groups is 1. The molecule has 0 saturated carbocycles. The number of hydrogen-bond donors (Lipinski definition) is 2. The van der Waals surface area contributed by atoms with E-state index in [2.05, 4.69) is 52.6 Å². The number of nitrogens with zero attached hydrogens (tertiary/aromatic N) is 2. The standard InChI is InChI=1S/C20H34N4O/c1-16(15-24-11-5-6-12-24)14-23-20(21-3)22-10-9-18-8-7-17(2)19(13-18)25-4/h7-8,13,16H,5-6,9-12,14-15H2,1-4H3,(H2,21,22,23). The molecule has 1 fully saturated rings. The molecule has 1 aromatic carbocycles. The zero-order chi connectivity index (χ0) is 18.1. The lowest BCUT2D eigenvalue weighted by Gasteiger charge is -2.21. The number of ether oxygens (including phenoxy) is 1. The average molecular weight is 347 g/mol. The molecule has 25 heavy (non-hydrogen) atoms. The van der Waals surface area contributed by atoms with Gasteiger partial charge in [-0.3, -0.25) is 4.99 Å². The number of benzene rings is 1. The van der Waals surface area contributed by atoms with Crippen LogP contribution in [0.25, 0.3) is 0 Å². The molecule has 5 heteroatoms. The molecule has 1 unspecified atom stereocenters. The molecule has 1 aromatic rings. The molecule has 0 spiro atoms. The summed E-state index contributed by atoms with van der Waals surface area (Å²) in [5, 5.41) is 6.85. The maximum absolute atomic E-state index is 5.39. The SMILES string of the molecule is CN=C(NCCc1ccc(C)c(OC)c1)NCC(C)CN1CCCC1. The van der Waals surface area contributed by atoms with E-state index in [9.17, 15) is 0 Å². The van der Waals surface area contributed by atoms with Crippen LogP contribution >= 0.6 is 0 Å². The van der Waals surface area contributed by atoms with Crippen LogP contribution in [0.2, 0.25) is 0 Å². The molecule has 1 aliphatic heterocycles. The van der Waals surface area contributed by atoms with E-state index in [1.54, 1.807) is 7.11 Å². The van der Waals surface area contributed by atoms with Gasteiger partial charge in [-0.25, -0.2) is 0 Å². The van der Waals surface area contributed by atoms with Gasteiger partial charge in [0.1, 0.15) is 5.75 Å². The molecule has 1 saturated heterocycles. The Morgan fingerprint density at radius 3 is 2.72 bits per heavy atom. The number of nitrogens with one attached hydrogen (secondary N) is 2. The van der Waals surface area contributed by atoms with Gasteiger partial charge >= 0.3 is 0 Å². The van der Waals surface area contributed by atoms with E-state index >= 15 is 0 Å². The van der Waals surface area contributed by atoms with E-state index in [0.29, 0.717) is 5.92 Å². The highest BCUT2D eigenvalue weighted by Crippen LogP contribution is 2.19. The van der Waals surface area contributed by atoms with Gasteiger partial charge in [0.05, 0.1) is 7.11 Å². The van der Waals surface area contributed by atoms with Gasteiger partial charge in [0.15, 0.2) is 5.96 Å². The Kier molecular flexibility index (Phi) is 8.06. The summed E-state index contributed by atoms with van der Waals surface area (Å²) in [7, 11) is 3.55. The molecule has 0 radical (unpaired) electrons. The van der Waals surface area contributed by atoms with Crippen LogP contribution in [-0.2, 0) is 6.42 Å². The fraction of sp³-hybridized carbons (Fsp3) is 0.650. The Hall–Kier alpha value is -1.75. The predicted octanol–water partition coefficient (Wildman–Crippen LogP) is 2.44. The molecular formula is C20H34N4O. The van der Waals surface area contributed by atoms with Crippen LogP contribution in [0.1, 0.15) is 30.9 Å². The quantitative estimate of drug-likeness (QED) is 0.561. The number of likely N-dealkylation sites (tertiary alicyclic amines) is 1. The first-order chi connectivity index (χ1) is 12.1. The third-order valence-electron chi connectivity index (χ3n) is 4.79. The van der Waals surface area contributed by atoms with E-state index in [0.717, 1.165) is 31.2 Å². The first-order valence-electron chi connectivity index (χ1n) is 9.42. The second kappa shape index (κ2) is 10.3. The van der Waals surface area contributed by atoms with E-state index < -0.39 is 0 Å². The smallest absolute Gasteiger partial charge is 0.190 e. The molecule has 0 aromatic heterocycles. The highest BCUT2D eigenvalue weighted by Gasteiger charge is 2.14. The molecule has 0 aliphatic carbocycles. The number of hydrogen-bond acceptors (Lipinski definition) is 3. The third kappa shape index (κ3) is 6.58. The summed E-state index contributed by atoms with van der Waals surface area (Å²) in [5.74, 6) is 2.46. The van der Waals surface area contributed by atoms with Crippen molar-refractivity contribution in [3.63, 3.8) is 0 Å². The maximum Gasteiger partial charge on any atom is 0.190 e. The lowest BCUT2D eigenvalue weighted by molar-refractivity contribution is 0.287. The normalized spacial score (nSPS) is 16.7. The number of aryl methyl sites for hydroxylation is 1. The van der Waals surface area contributed by atoms with Crippen molar-refractivity contribution in [2.45, 2.75) is 33.1 Å². The van der Waals surface area contributed by atoms with Gasteiger partial charge in [0, 0.05) is 26.7 Å². The molecular weight excluding hydrogens is 312 g/mol. The van der Waals surface area contributed by atoms with Crippen LogP contribution in [-0.4, -0.2) is 57.7 Å². The Balaban J connectivity index is 1.69. The van der Waals surface area contributed by atoms with Crippen LogP contribution in [0.4, 0.5) is 0 Å². The summed E-state index contributed by atoms with van der Waals surface area (Å²) in [6.45, 7) is 9.87. The van der Waals surface area contributed by atoms with E-state index in [4.69, 9.17) is 4.74 Å².